The molecule has 0 unspecified atom stereocenters. The van der Waals surface area contributed by atoms with Crippen molar-refractivity contribution in [3.05, 3.63) is 25.9 Å². The summed E-state index contributed by atoms with van der Waals surface area (Å²) in [6.07, 6.45) is 2.74. The predicted molar refractivity (Wildman–Crippen MR) is 81.8 cm³/mol. The number of rotatable bonds is 0. The monoisotopic (exact) mass is 416 g/mol. The number of hydrogen-bond donors (Lipinski definition) is 0. The van der Waals surface area contributed by atoms with Gasteiger partial charge in [0.25, 0.3) is 0 Å². The molecule has 0 spiro atoms. The van der Waals surface area contributed by atoms with Crippen molar-refractivity contribution in [1.82, 2.24) is 0 Å². The van der Waals surface area contributed by atoms with Gasteiger partial charge in [-0.25, -0.2) is 0 Å². The Morgan fingerprint density at radius 2 is 1.19 bits per heavy atom. The summed E-state index contributed by atoms with van der Waals surface area (Å²) in [5, 5.41) is 2.91. The zero-order chi connectivity index (χ0) is 10.5. The molecule has 4 aliphatic heterocycles. The number of allylic oxidation sites excluding steroid dienone is 2. The van der Waals surface area contributed by atoms with Crippen LogP contribution < -0.4 is 0 Å². The summed E-state index contributed by atoms with van der Waals surface area (Å²) in [5.41, 5.74) is 0. The zero-order valence-electron chi connectivity index (χ0n) is 8.28. The standard InChI is InChI=1S/C10H8S4Se2/c1-3-15-9-5(1)11-7(13-9)8-12-6-2-4-16-10(6)14-8/h1-4H2/b8-7+. The van der Waals surface area contributed by atoms with E-state index >= 15 is 0 Å². The second-order valence-electron chi connectivity index (χ2n) is 3.60. The van der Waals surface area contributed by atoms with Gasteiger partial charge in [-0.05, 0) is 0 Å². The van der Waals surface area contributed by atoms with E-state index in [2.05, 4.69) is 47.0 Å². The molecular formula is C10H8S4Se2. The fraction of sp³-hybridized carbons (Fsp3) is 0.400. The van der Waals surface area contributed by atoms with Gasteiger partial charge in [0, 0.05) is 0 Å². The van der Waals surface area contributed by atoms with Gasteiger partial charge in [0.1, 0.15) is 0 Å². The molecule has 4 rings (SSSR count). The van der Waals surface area contributed by atoms with Gasteiger partial charge in [0.15, 0.2) is 0 Å². The van der Waals surface area contributed by atoms with E-state index in [1.165, 1.54) is 23.5 Å². The van der Waals surface area contributed by atoms with Crippen LogP contribution in [-0.2, 0) is 0 Å². The SMILES string of the molecule is C1CC2=C(S/C(=C3\SC4=C(S3)[Se]CC4)S2)[Se]1. The summed E-state index contributed by atoms with van der Waals surface area (Å²) in [6.45, 7) is 0. The third-order valence-electron chi connectivity index (χ3n) is 2.55. The summed E-state index contributed by atoms with van der Waals surface area (Å²) >= 11 is 10.0. The number of thioether (sulfide) groups is 4. The number of hydrogen-bond acceptors (Lipinski definition) is 4. The topological polar surface area (TPSA) is 0 Å². The Morgan fingerprint density at radius 1 is 0.688 bits per heavy atom. The molecule has 0 N–H and O–H groups in total. The minimum atomic E-state index is 0.809. The first-order chi connectivity index (χ1) is 7.90. The summed E-state index contributed by atoms with van der Waals surface area (Å²) in [4.78, 5) is 3.43. The first-order valence-electron chi connectivity index (χ1n) is 5.08. The Kier molecular flexibility index (Phi) is 3.33. The fourth-order valence-corrected chi connectivity index (χ4v) is 15.2. The molecule has 4 aliphatic rings. The van der Waals surface area contributed by atoms with Crippen molar-refractivity contribution < 1.29 is 0 Å². The van der Waals surface area contributed by atoms with E-state index in [0.717, 1.165) is 29.9 Å². The third-order valence-corrected chi connectivity index (χ3v) is 14.8. The van der Waals surface area contributed by atoms with Gasteiger partial charge in [-0.2, -0.15) is 0 Å². The molecule has 84 valence electrons. The van der Waals surface area contributed by atoms with Crippen molar-refractivity contribution >= 4 is 77.0 Å². The van der Waals surface area contributed by atoms with Gasteiger partial charge >= 0.3 is 126 Å². The van der Waals surface area contributed by atoms with Gasteiger partial charge in [0.05, 0.1) is 0 Å². The van der Waals surface area contributed by atoms with E-state index in [9.17, 15) is 0 Å². The van der Waals surface area contributed by atoms with Crippen molar-refractivity contribution in [2.75, 3.05) is 0 Å². The molecule has 0 fully saturated rings. The molecule has 0 aromatic heterocycles. The van der Waals surface area contributed by atoms with E-state index in [-0.39, 0.29) is 0 Å². The summed E-state index contributed by atoms with van der Waals surface area (Å²) in [6, 6.07) is 0. The van der Waals surface area contributed by atoms with Crippen molar-refractivity contribution in [2.45, 2.75) is 23.5 Å². The fourth-order valence-electron chi connectivity index (χ4n) is 1.80. The Bertz CT molecular complexity index is 385. The van der Waals surface area contributed by atoms with Crippen LogP contribution in [0.15, 0.2) is 25.9 Å². The van der Waals surface area contributed by atoms with Crippen molar-refractivity contribution in [3.8, 4) is 0 Å². The first-order valence-corrected chi connectivity index (χ1v) is 12.5. The molecule has 0 amide bonds. The Labute approximate surface area is 125 Å². The molecule has 0 saturated heterocycles. The van der Waals surface area contributed by atoms with Crippen molar-refractivity contribution in [2.24, 2.45) is 0 Å². The second kappa shape index (κ2) is 4.64. The van der Waals surface area contributed by atoms with E-state index < -0.39 is 0 Å². The average Bonchev–Trinajstić information content (AvgIpc) is 2.94. The van der Waals surface area contributed by atoms with Crippen LogP contribution in [0.5, 0.6) is 0 Å². The van der Waals surface area contributed by atoms with Crippen molar-refractivity contribution in [1.29, 1.82) is 0 Å². The van der Waals surface area contributed by atoms with Gasteiger partial charge in [-0.1, -0.05) is 0 Å². The van der Waals surface area contributed by atoms with E-state index in [1.807, 2.05) is 0 Å². The summed E-state index contributed by atoms with van der Waals surface area (Å²) < 4.78 is 6.73. The van der Waals surface area contributed by atoms with Gasteiger partial charge < -0.3 is 0 Å². The van der Waals surface area contributed by atoms with E-state index in [4.69, 9.17) is 0 Å². The van der Waals surface area contributed by atoms with E-state index in [0.29, 0.717) is 0 Å². The van der Waals surface area contributed by atoms with Crippen LogP contribution in [0.1, 0.15) is 12.8 Å². The summed E-state index contributed by atoms with van der Waals surface area (Å²) in [7, 11) is 0. The van der Waals surface area contributed by atoms with Crippen LogP contribution in [0, 0.1) is 0 Å². The molecule has 0 radical (unpaired) electrons. The van der Waals surface area contributed by atoms with Gasteiger partial charge in [-0.3, -0.25) is 0 Å². The van der Waals surface area contributed by atoms with E-state index in [1.54, 1.807) is 25.9 Å². The van der Waals surface area contributed by atoms with Crippen LogP contribution in [0.3, 0.4) is 0 Å². The normalized spacial score (nSPS) is 33.0. The van der Waals surface area contributed by atoms with Crippen LogP contribution >= 0.6 is 47.0 Å². The average molecular weight is 414 g/mol. The molecule has 0 saturated carbocycles. The van der Waals surface area contributed by atoms with Gasteiger partial charge in [0.2, 0.25) is 0 Å². The Hall–Kier alpha value is 1.66. The first kappa shape index (κ1) is 11.5. The minimum absolute atomic E-state index is 0.809. The zero-order valence-corrected chi connectivity index (χ0v) is 15.0. The maximum atomic E-state index is 2.11. The third kappa shape index (κ3) is 1.94. The van der Waals surface area contributed by atoms with Crippen LogP contribution in [0.4, 0.5) is 0 Å². The molecule has 0 bridgehead atoms. The molecule has 0 nitrogen and oxygen atoms in total. The molecule has 16 heavy (non-hydrogen) atoms. The quantitative estimate of drug-likeness (QED) is 0.537. The maximum absolute atomic E-state index is 2.11. The van der Waals surface area contributed by atoms with Crippen LogP contribution in [0.25, 0.3) is 0 Å². The molecule has 0 aromatic rings. The Morgan fingerprint density at radius 3 is 1.62 bits per heavy atom. The molecule has 0 aliphatic carbocycles. The molecule has 4 heterocycles. The molecular weight excluding hydrogens is 406 g/mol. The van der Waals surface area contributed by atoms with Crippen LogP contribution in [-0.4, -0.2) is 29.9 Å². The summed E-state index contributed by atoms with van der Waals surface area (Å²) in [5.74, 6) is 0. The second-order valence-corrected chi connectivity index (χ2v) is 14.2. The predicted octanol–water partition coefficient (Wildman–Crippen LogP) is 4.46. The van der Waals surface area contributed by atoms with Gasteiger partial charge in [-0.15, -0.1) is 0 Å². The van der Waals surface area contributed by atoms with Crippen LogP contribution in [0.2, 0.25) is 10.6 Å². The molecule has 0 atom stereocenters. The molecule has 0 aromatic carbocycles. The Balaban J connectivity index is 1.56. The van der Waals surface area contributed by atoms with Crippen molar-refractivity contribution in [3.63, 3.8) is 0 Å². The molecule has 6 heteroatoms.